The van der Waals surface area contributed by atoms with Crippen molar-refractivity contribution in [3.63, 3.8) is 0 Å². The predicted octanol–water partition coefficient (Wildman–Crippen LogP) is 3.59. The van der Waals surface area contributed by atoms with Gasteiger partial charge in [-0.15, -0.1) is 0 Å². The summed E-state index contributed by atoms with van der Waals surface area (Å²) in [4.78, 5) is 12.1. The van der Waals surface area contributed by atoms with Gasteiger partial charge in [0.15, 0.2) is 0 Å². The van der Waals surface area contributed by atoms with Gasteiger partial charge >= 0.3 is 5.97 Å². The molecule has 0 atom stereocenters. The third-order valence-corrected chi connectivity index (χ3v) is 3.97. The fraction of sp³-hybridized carbons (Fsp3) is 0.375. The zero-order valence-corrected chi connectivity index (χ0v) is 13.3. The average Bonchev–Trinajstić information content (AvgIpc) is 3.26. The number of rotatable bonds is 5. The van der Waals surface area contributed by atoms with Gasteiger partial charge in [-0.1, -0.05) is 11.6 Å². The Morgan fingerprint density at radius 2 is 2.23 bits per heavy atom. The number of carbonyl (C=O) groups excluding carboxylic acids is 1. The highest BCUT2D eigenvalue weighted by atomic mass is 35.5. The van der Waals surface area contributed by atoms with E-state index in [1.165, 1.54) is 0 Å². The first-order valence-electron chi connectivity index (χ1n) is 7.24. The van der Waals surface area contributed by atoms with E-state index in [2.05, 4.69) is 5.10 Å². The quantitative estimate of drug-likeness (QED) is 0.790. The van der Waals surface area contributed by atoms with E-state index in [0.717, 1.165) is 18.5 Å². The van der Waals surface area contributed by atoms with Gasteiger partial charge in [0.2, 0.25) is 0 Å². The van der Waals surface area contributed by atoms with Crippen molar-refractivity contribution in [3.05, 3.63) is 40.7 Å². The monoisotopic (exact) mass is 320 g/mol. The van der Waals surface area contributed by atoms with Crippen molar-refractivity contribution in [2.75, 3.05) is 13.7 Å². The minimum Gasteiger partial charge on any atom is -0.497 e. The maximum absolute atomic E-state index is 12.1. The van der Waals surface area contributed by atoms with Crippen molar-refractivity contribution in [2.24, 2.45) is 0 Å². The summed E-state index contributed by atoms with van der Waals surface area (Å²) in [6.45, 7) is 2.13. The second kappa shape index (κ2) is 6.01. The molecule has 3 rings (SSSR count). The van der Waals surface area contributed by atoms with Crippen molar-refractivity contribution in [2.45, 2.75) is 25.7 Å². The Labute approximate surface area is 133 Å². The van der Waals surface area contributed by atoms with E-state index in [1.807, 2.05) is 6.07 Å². The highest BCUT2D eigenvalue weighted by Crippen LogP contribution is 2.43. The fourth-order valence-corrected chi connectivity index (χ4v) is 2.64. The molecule has 1 aromatic heterocycles. The number of benzene rings is 1. The summed E-state index contributed by atoms with van der Waals surface area (Å²) >= 11 is 6.30. The third-order valence-electron chi connectivity index (χ3n) is 3.65. The molecule has 2 aromatic rings. The molecule has 0 N–H and O–H groups in total. The maximum atomic E-state index is 12.1. The Hall–Kier alpha value is -2.01. The second-order valence-electron chi connectivity index (χ2n) is 5.17. The van der Waals surface area contributed by atoms with Crippen molar-refractivity contribution in [1.29, 1.82) is 0 Å². The number of hydrogen-bond acceptors (Lipinski definition) is 4. The molecule has 116 valence electrons. The highest BCUT2D eigenvalue weighted by Gasteiger charge is 2.33. The molecule has 0 spiro atoms. The van der Waals surface area contributed by atoms with Gasteiger partial charge in [-0.2, -0.15) is 5.10 Å². The number of halogens is 1. The van der Waals surface area contributed by atoms with Crippen molar-refractivity contribution >= 4 is 17.6 Å². The molecule has 22 heavy (non-hydrogen) atoms. The molecule has 6 heteroatoms. The van der Waals surface area contributed by atoms with Crippen LogP contribution in [0.25, 0.3) is 5.69 Å². The maximum Gasteiger partial charge on any atom is 0.341 e. The summed E-state index contributed by atoms with van der Waals surface area (Å²) in [7, 11) is 1.60. The lowest BCUT2D eigenvalue weighted by Crippen LogP contribution is -2.09. The molecule has 0 bridgehead atoms. The van der Waals surface area contributed by atoms with Crippen LogP contribution in [0.4, 0.5) is 0 Å². The van der Waals surface area contributed by atoms with Crippen molar-refractivity contribution in [1.82, 2.24) is 9.78 Å². The van der Waals surface area contributed by atoms with Crippen LogP contribution >= 0.6 is 11.6 Å². The molecule has 1 saturated carbocycles. The topological polar surface area (TPSA) is 53.3 Å². The van der Waals surface area contributed by atoms with Gasteiger partial charge in [-0.3, -0.25) is 0 Å². The molecule has 0 aliphatic heterocycles. The Balaban J connectivity index is 2.10. The number of ether oxygens (including phenoxy) is 2. The molecule has 1 aliphatic rings. The number of aromatic nitrogens is 2. The molecule has 1 fully saturated rings. The largest absolute Gasteiger partial charge is 0.497 e. The molecule has 0 saturated heterocycles. The molecule has 0 unspecified atom stereocenters. The number of methoxy groups -OCH3 is 1. The van der Waals surface area contributed by atoms with Crippen LogP contribution < -0.4 is 4.74 Å². The standard InChI is InChI=1S/C16H17ClN2O3/c1-3-22-16(20)12-9-18-19(15(12)10-4-5-10)14-8-11(21-2)6-7-13(14)17/h6-10H,3-5H2,1-2H3. The third kappa shape index (κ3) is 2.68. The first-order valence-corrected chi connectivity index (χ1v) is 7.62. The summed E-state index contributed by atoms with van der Waals surface area (Å²) in [5.41, 5.74) is 2.09. The molecule has 5 nitrogen and oxygen atoms in total. The Morgan fingerprint density at radius 3 is 2.86 bits per heavy atom. The van der Waals surface area contributed by atoms with Gasteiger partial charge in [0, 0.05) is 12.0 Å². The summed E-state index contributed by atoms with van der Waals surface area (Å²) < 4.78 is 12.1. The SMILES string of the molecule is CCOC(=O)c1cnn(-c2cc(OC)ccc2Cl)c1C1CC1. The number of esters is 1. The summed E-state index contributed by atoms with van der Waals surface area (Å²) in [5.74, 6) is 0.674. The van der Waals surface area contributed by atoms with Gasteiger partial charge in [-0.25, -0.2) is 9.48 Å². The minimum atomic E-state index is -0.338. The zero-order valence-electron chi connectivity index (χ0n) is 12.5. The van der Waals surface area contributed by atoms with Gasteiger partial charge in [-0.05, 0) is 31.9 Å². The smallest absolute Gasteiger partial charge is 0.341 e. The van der Waals surface area contributed by atoms with Gasteiger partial charge in [0.05, 0.1) is 36.3 Å². The minimum absolute atomic E-state index is 0.323. The van der Waals surface area contributed by atoms with Crippen LogP contribution in [0, 0.1) is 0 Å². The van der Waals surface area contributed by atoms with Gasteiger partial charge in [0.25, 0.3) is 0 Å². The number of nitrogens with zero attached hydrogens (tertiary/aromatic N) is 2. The Bertz CT molecular complexity index is 707. The van der Waals surface area contributed by atoms with Crippen LogP contribution in [0.3, 0.4) is 0 Å². The highest BCUT2D eigenvalue weighted by molar-refractivity contribution is 6.32. The predicted molar refractivity (Wildman–Crippen MR) is 83.1 cm³/mol. The van der Waals surface area contributed by atoms with E-state index in [0.29, 0.717) is 34.5 Å². The normalized spacial score (nSPS) is 14.0. The van der Waals surface area contributed by atoms with E-state index >= 15 is 0 Å². The first-order chi connectivity index (χ1) is 10.7. The molecular weight excluding hydrogens is 304 g/mol. The van der Waals surface area contributed by atoms with Crippen LogP contribution in [0.5, 0.6) is 5.75 Å². The Morgan fingerprint density at radius 1 is 1.45 bits per heavy atom. The zero-order chi connectivity index (χ0) is 15.7. The van der Waals surface area contributed by atoms with Crippen molar-refractivity contribution < 1.29 is 14.3 Å². The number of carbonyl (C=O) groups is 1. The summed E-state index contributed by atoms with van der Waals surface area (Å²) in [6, 6.07) is 5.37. The van der Waals surface area contributed by atoms with Crippen LogP contribution in [0.1, 0.15) is 41.7 Å². The van der Waals surface area contributed by atoms with E-state index in [-0.39, 0.29) is 5.97 Å². The lowest BCUT2D eigenvalue weighted by atomic mass is 10.1. The lowest BCUT2D eigenvalue weighted by molar-refractivity contribution is 0.0525. The van der Waals surface area contributed by atoms with Gasteiger partial charge < -0.3 is 9.47 Å². The van der Waals surface area contributed by atoms with Crippen LogP contribution in [0.15, 0.2) is 24.4 Å². The molecular formula is C16H17ClN2O3. The second-order valence-corrected chi connectivity index (χ2v) is 5.57. The van der Waals surface area contributed by atoms with E-state index in [9.17, 15) is 4.79 Å². The van der Waals surface area contributed by atoms with Crippen molar-refractivity contribution in [3.8, 4) is 11.4 Å². The lowest BCUT2D eigenvalue weighted by Gasteiger charge is -2.11. The molecule has 1 aromatic carbocycles. The molecule has 1 heterocycles. The number of hydrogen-bond donors (Lipinski definition) is 0. The average molecular weight is 321 g/mol. The molecule has 0 amide bonds. The first kappa shape index (κ1) is 14.9. The van der Waals surface area contributed by atoms with E-state index in [1.54, 1.807) is 37.0 Å². The van der Waals surface area contributed by atoms with Crippen LogP contribution in [-0.2, 0) is 4.74 Å². The van der Waals surface area contributed by atoms with E-state index < -0.39 is 0 Å². The van der Waals surface area contributed by atoms with Crippen LogP contribution in [0.2, 0.25) is 5.02 Å². The molecule has 0 radical (unpaired) electrons. The van der Waals surface area contributed by atoms with E-state index in [4.69, 9.17) is 21.1 Å². The summed E-state index contributed by atoms with van der Waals surface area (Å²) in [5, 5.41) is 4.92. The Kier molecular flexibility index (Phi) is 4.07. The fourth-order valence-electron chi connectivity index (χ4n) is 2.45. The van der Waals surface area contributed by atoms with Crippen LogP contribution in [-0.4, -0.2) is 29.5 Å². The van der Waals surface area contributed by atoms with Gasteiger partial charge in [0.1, 0.15) is 11.3 Å². The summed E-state index contributed by atoms with van der Waals surface area (Å²) in [6.07, 6.45) is 3.64. The molecule has 1 aliphatic carbocycles.